The fourth-order valence-corrected chi connectivity index (χ4v) is 3.04. The van der Waals surface area contributed by atoms with E-state index in [0.29, 0.717) is 22.5 Å². The smallest absolute Gasteiger partial charge is 0.277 e. The van der Waals surface area contributed by atoms with Crippen LogP contribution in [0, 0.1) is 0 Å². The number of carbonyl (C=O) groups excluding carboxylic acids is 3. The molecule has 3 rings (SSSR count). The maximum absolute atomic E-state index is 12.5. The van der Waals surface area contributed by atoms with Gasteiger partial charge in [0, 0.05) is 32.7 Å². The van der Waals surface area contributed by atoms with E-state index in [9.17, 15) is 14.4 Å². The van der Waals surface area contributed by atoms with Crippen molar-refractivity contribution >= 4 is 29.0 Å². The highest BCUT2D eigenvalue weighted by atomic mass is 16.2. The van der Waals surface area contributed by atoms with Crippen molar-refractivity contribution in [2.75, 3.05) is 25.5 Å². The zero-order chi connectivity index (χ0) is 16.6. The molecule has 2 aliphatic rings. The lowest BCUT2D eigenvalue weighted by molar-refractivity contribution is -0.135. The third kappa shape index (κ3) is 2.72. The largest absolute Gasteiger partial charge is 0.366 e. The average Bonchev–Trinajstić information content (AvgIpc) is 3.11. The summed E-state index contributed by atoms with van der Waals surface area (Å²) in [5.74, 6) is -0.663. The molecule has 0 radical (unpaired) electrons. The Hall–Kier alpha value is -2.63. The van der Waals surface area contributed by atoms with Gasteiger partial charge in [-0.1, -0.05) is 12.1 Å². The van der Waals surface area contributed by atoms with Crippen LogP contribution < -0.4 is 5.32 Å². The highest BCUT2D eigenvalue weighted by molar-refractivity contribution is 6.35. The summed E-state index contributed by atoms with van der Waals surface area (Å²) in [5, 5.41) is 2.69. The number of amides is 3. The minimum Gasteiger partial charge on any atom is -0.366 e. The van der Waals surface area contributed by atoms with Crippen LogP contribution in [0.3, 0.4) is 0 Å². The van der Waals surface area contributed by atoms with Gasteiger partial charge in [-0.2, -0.15) is 0 Å². The van der Waals surface area contributed by atoms with Crippen molar-refractivity contribution in [3.8, 4) is 0 Å². The first kappa shape index (κ1) is 15.3. The highest BCUT2D eigenvalue weighted by Gasteiger charge is 2.39. The van der Waals surface area contributed by atoms with Crippen LogP contribution in [-0.2, 0) is 14.4 Å². The van der Waals surface area contributed by atoms with Crippen molar-refractivity contribution in [1.29, 1.82) is 0 Å². The number of nitrogens with zero attached hydrogens (tertiary/aromatic N) is 2. The molecule has 0 aliphatic carbocycles. The number of hydrogen-bond acceptors (Lipinski definition) is 4. The number of carbonyl (C=O) groups is 3. The van der Waals surface area contributed by atoms with Crippen molar-refractivity contribution in [2.24, 2.45) is 0 Å². The second kappa shape index (κ2) is 5.87. The number of anilines is 1. The number of benzene rings is 1. The molecule has 6 nitrogen and oxygen atoms in total. The molecule has 0 atom stereocenters. The number of rotatable bonds is 3. The van der Waals surface area contributed by atoms with Crippen molar-refractivity contribution < 1.29 is 14.4 Å². The molecule has 0 saturated carbocycles. The SMILES string of the molecule is CC(=O)Nc1ccc(C2=C(N3CCCC3)C(=O)N(C)C2=O)cc1. The van der Waals surface area contributed by atoms with Gasteiger partial charge >= 0.3 is 0 Å². The maximum atomic E-state index is 12.5. The van der Waals surface area contributed by atoms with E-state index < -0.39 is 0 Å². The molecule has 2 aliphatic heterocycles. The van der Waals surface area contributed by atoms with Crippen molar-refractivity contribution in [1.82, 2.24) is 9.80 Å². The summed E-state index contributed by atoms with van der Waals surface area (Å²) in [6.07, 6.45) is 2.06. The van der Waals surface area contributed by atoms with E-state index in [0.717, 1.165) is 25.9 Å². The first-order chi connectivity index (χ1) is 11.0. The quantitative estimate of drug-likeness (QED) is 0.858. The lowest BCUT2D eigenvalue weighted by atomic mass is 10.0. The molecule has 3 amide bonds. The van der Waals surface area contributed by atoms with Gasteiger partial charge in [-0.3, -0.25) is 19.3 Å². The third-order valence-corrected chi connectivity index (χ3v) is 4.18. The Morgan fingerprint density at radius 3 is 2.22 bits per heavy atom. The van der Waals surface area contributed by atoms with Crippen LogP contribution in [0.5, 0.6) is 0 Å². The zero-order valence-electron chi connectivity index (χ0n) is 13.3. The molecule has 1 aromatic carbocycles. The van der Waals surface area contributed by atoms with Crippen LogP contribution in [0.25, 0.3) is 5.57 Å². The Bertz CT molecular complexity index is 700. The lowest BCUT2D eigenvalue weighted by Gasteiger charge is -2.19. The molecule has 1 saturated heterocycles. The fraction of sp³-hybridized carbons (Fsp3) is 0.353. The zero-order valence-corrected chi connectivity index (χ0v) is 13.3. The van der Waals surface area contributed by atoms with Crippen LogP contribution in [0.2, 0.25) is 0 Å². The van der Waals surface area contributed by atoms with Gasteiger partial charge in [0.1, 0.15) is 5.70 Å². The van der Waals surface area contributed by atoms with Gasteiger partial charge in [0.15, 0.2) is 0 Å². The van der Waals surface area contributed by atoms with E-state index in [1.54, 1.807) is 24.3 Å². The van der Waals surface area contributed by atoms with E-state index in [-0.39, 0.29) is 17.7 Å². The van der Waals surface area contributed by atoms with Crippen LogP contribution in [0.1, 0.15) is 25.3 Å². The van der Waals surface area contributed by atoms with Crippen LogP contribution >= 0.6 is 0 Å². The number of nitrogens with one attached hydrogen (secondary N) is 1. The highest BCUT2D eigenvalue weighted by Crippen LogP contribution is 2.32. The predicted octanol–water partition coefficient (Wildman–Crippen LogP) is 1.45. The van der Waals surface area contributed by atoms with Gasteiger partial charge in [0.05, 0.1) is 5.57 Å². The summed E-state index contributed by atoms with van der Waals surface area (Å²) in [7, 11) is 1.51. The maximum Gasteiger partial charge on any atom is 0.277 e. The summed E-state index contributed by atoms with van der Waals surface area (Å²) >= 11 is 0. The van der Waals surface area contributed by atoms with Gasteiger partial charge < -0.3 is 10.2 Å². The summed E-state index contributed by atoms with van der Waals surface area (Å²) in [5.41, 5.74) is 2.31. The molecule has 0 bridgehead atoms. The standard InChI is InChI=1S/C17H19N3O3/c1-11(21)18-13-7-5-12(6-8-13)14-15(20-9-3-4-10-20)17(23)19(2)16(14)22/h5-8H,3-4,9-10H2,1-2H3,(H,18,21). The molecule has 6 heteroatoms. The lowest BCUT2D eigenvalue weighted by Crippen LogP contribution is -2.31. The van der Waals surface area contributed by atoms with E-state index >= 15 is 0 Å². The molecule has 23 heavy (non-hydrogen) atoms. The van der Waals surface area contributed by atoms with Gasteiger partial charge in [-0.15, -0.1) is 0 Å². The van der Waals surface area contributed by atoms with Crippen LogP contribution in [0.15, 0.2) is 30.0 Å². The van der Waals surface area contributed by atoms with Crippen LogP contribution in [-0.4, -0.2) is 47.7 Å². The third-order valence-electron chi connectivity index (χ3n) is 4.18. The number of likely N-dealkylation sites (N-methyl/N-ethyl adjacent to an activating group) is 1. The van der Waals surface area contributed by atoms with Crippen molar-refractivity contribution in [2.45, 2.75) is 19.8 Å². The molecular weight excluding hydrogens is 294 g/mol. The molecule has 1 fully saturated rings. The Labute approximate surface area is 134 Å². The van der Waals surface area contributed by atoms with E-state index in [1.807, 2.05) is 4.90 Å². The van der Waals surface area contributed by atoms with Crippen molar-refractivity contribution in [3.63, 3.8) is 0 Å². The van der Waals surface area contributed by atoms with Gasteiger partial charge in [0.25, 0.3) is 11.8 Å². The minimum atomic E-state index is -0.274. The van der Waals surface area contributed by atoms with E-state index in [4.69, 9.17) is 0 Å². The van der Waals surface area contributed by atoms with Gasteiger partial charge in [-0.05, 0) is 30.5 Å². The summed E-state index contributed by atoms with van der Waals surface area (Å²) in [6.45, 7) is 3.04. The predicted molar refractivity (Wildman–Crippen MR) is 86.2 cm³/mol. The second-order valence-electron chi connectivity index (χ2n) is 5.85. The Kier molecular flexibility index (Phi) is 3.90. The normalized spacial score (nSPS) is 18.2. The molecule has 2 heterocycles. The molecule has 1 aromatic rings. The molecule has 0 spiro atoms. The van der Waals surface area contributed by atoms with Crippen LogP contribution in [0.4, 0.5) is 5.69 Å². The Morgan fingerprint density at radius 2 is 1.65 bits per heavy atom. The summed E-state index contributed by atoms with van der Waals surface area (Å²) in [6, 6.07) is 7.00. The fourth-order valence-electron chi connectivity index (χ4n) is 3.04. The Morgan fingerprint density at radius 1 is 1.04 bits per heavy atom. The number of likely N-dealkylation sites (tertiary alicyclic amines) is 1. The van der Waals surface area contributed by atoms with Gasteiger partial charge in [-0.25, -0.2) is 0 Å². The van der Waals surface area contributed by atoms with Gasteiger partial charge in [0.2, 0.25) is 5.91 Å². The molecule has 120 valence electrons. The summed E-state index contributed by atoms with van der Waals surface area (Å²) in [4.78, 5) is 39.2. The number of hydrogen-bond donors (Lipinski definition) is 1. The topological polar surface area (TPSA) is 69.7 Å². The average molecular weight is 313 g/mol. The first-order valence-corrected chi connectivity index (χ1v) is 7.68. The summed E-state index contributed by atoms with van der Waals surface area (Å²) < 4.78 is 0. The van der Waals surface area contributed by atoms with E-state index in [2.05, 4.69) is 5.32 Å². The monoisotopic (exact) mass is 313 g/mol. The number of imide groups is 1. The first-order valence-electron chi connectivity index (χ1n) is 7.68. The molecule has 0 aromatic heterocycles. The molecule has 1 N–H and O–H groups in total. The minimum absolute atomic E-state index is 0.151. The van der Waals surface area contributed by atoms with E-state index in [1.165, 1.54) is 18.9 Å². The molecule has 0 unspecified atom stereocenters. The molecular formula is C17H19N3O3. The second-order valence-corrected chi connectivity index (χ2v) is 5.85. The Balaban J connectivity index is 2.01. The van der Waals surface area contributed by atoms with Crippen molar-refractivity contribution in [3.05, 3.63) is 35.5 Å².